The maximum Gasteiger partial charge on any atom is 0.171 e. The Kier molecular flexibility index (Phi) is 1.27. The van der Waals surface area contributed by atoms with Gasteiger partial charge in [0.15, 0.2) is 5.85 Å². The van der Waals surface area contributed by atoms with Crippen molar-refractivity contribution in [1.82, 2.24) is 4.90 Å². The lowest BCUT2D eigenvalue weighted by atomic mass is 10.3. The van der Waals surface area contributed by atoms with Gasteiger partial charge >= 0.3 is 0 Å². The van der Waals surface area contributed by atoms with Gasteiger partial charge < -0.3 is 5.11 Å². The number of hydrogen-bond acceptors (Lipinski definition) is 3. The van der Waals surface area contributed by atoms with Crippen LogP contribution in [0, 0.1) is 0 Å². The van der Waals surface area contributed by atoms with Crippen LogP contribution >= 0.6 is 0 Å². The molecule has 1 unspecified atom stereocenters. The zero-order chi connectivity index (χ0) is 6.20. The molecular weight excluding hydrogens is 104 g/mol. The maximum absolute atomic E-state index is 9.17. The highest BCUT2D eigenvalue weighted by atomic mass is 16.3. The SMILES string of the molecule is CN1CCCC1(N)O. The van der Waals surface area contributed by atoms with E-state index < -0.39 is 5.85 Å². The molecule has 1 aliphatic heterocycles. The molecule has 0 spiro atoms. The van der Waals surface area contributed by atoms with Gasteiger partial charge in [0.05, 0.1) is 0 Å². The van der Waals surface area contributed by atoms with Crippen molar-refractivity contribution in [3.8, 4) is 0 Å². The molecule has 0 bridgehead atoms. The van der Waals surface area contributed by atoms with Gasteiger partial charge in [-0.3, -0.25) is 10.6 Å². The Morgan fingerprint density at radius 1 is 1.75 bits per heavy atom. The van der Waals surface area contributed by atoms with E-state index in [0.29, 0.717) is 6.42 Å². The molecule has 0 amide bonds. The molecule has 1 atom stereocenters. The van der Waals surface area contributed by atoms with Crippen LogP contribution in [-0.4, -0.2) is 29.4 Å². The lowest BCUT2D eigenvalue weighted by molar-refractivity contribution is -0.0610. The van der Waals surface area contributed by atoms with Crippen molar-refractivity contribution in [2.75, 3.05) is 13.6 Å². The molecular formula is C5H12N2O. The van der Waals surface area contributed by atoms with Crippen molar-refractivity contribution in [3.63, 3.8) is 0 Å². The molecule has 1 heterocycles. The predicted octanol–water partition coefficient (Wildman–Crippen LogP) is -0.683. The first-order chi connectivity index (χ1) is 3.63. The second kappa shape index (κ2) is 1.69. The van der Waals surface area contributed by atoms with E-state index in [1.54, 1.807) is 4.90 Å². The number of rotatable bonds is 0. The third kappa shape index (κ3) is 0.844. The minimum absolute atomic E-state index is 0.698. The first-order valence-electron chi connectivity index (χ1n) is 2.85. The molecule has 8 heavy (non-hydrogen) atoms. The van der Waals surface area contributed by atoms with Gasteiger partial charge in [0, 0.05) is 13.0 Å². The van der Waals surface area contributed by atoms with Gasteiger partial charge in [-0.05, 0) is 13.5 Å². The summed E-state index contributed by atoms with van der Waals surface area (Å²) in [6.07, 6.45) is 1.70. The van der Waals surface area contributed by atoms with E-state index in [0.717, 1.165) is 13.0 Å². The van der Waals surface area contributed by atoms with Gasteiger partial charge in [0.25, 0.3) is 0 Å². The number of nitrogens with two attached hydrogens (primary N) is 1. The summed E-state index contributed by atoms with van der Waals surface area (Å²) in [6.45, 7) is 0.910. The maximum atomic E-state index is 9.17. The third-order valence-corrected chi connectivity index (χ3v) is 1.70. The van der Waals surface area contributed by atoms with Gasteiger partial charge in [-0.15, -0.1) is 0 Å². The van der Waals surface area contributed by atoms with Gasteiger partial charge in [-0.2, -0.15) is 0 Å². The highest BCUT2D eigenvalue weighted by Crippen LogP contribution is 2.18. The van der Waals surface area contributed by atoms with E-state index in [1.165, 1.54) is 0 Å². The molecule has 0 aromatic heterocycles. The summed E-state index contributed by atoms with van der Waals surface area (Å²) in [7, 11) is 1.83. The zero-order valence-electron chi connectivity index (χ0n) is 5.09. The number of aliphatic hydroxyl groups is 1. The Morgan fingerprint density at radius 3 is 2.50 bits per heavy atom. The fraction of sp³-hybridized carbons (Fsp3) is 1.00. The molecule has 0 saturated carbocycles. The van der Waals surface area contributed by atoms with E-state index >= 15 is 0 Å². The molecule has 3 nitrogen and oxygen atoms in total. The Bertz CT molecular complexity index is 92.4. The first kappa shape index (κ1) is 6.01. The highest BCUT2D eigenvalue weighted by Gasteiger charge is 2.31. The van der Waals surface area contributed by atoms with Crippen molar-refractivity contribution in [3.05, 3.63) is 0 Å². The van der Waals surface area contributed by atoms with Gasteiger partial charge in [-0.1, -0.05) is 0 Å². The van der Waals surface area contributed by atoms with Crippen molar-refractivity contribution in [2.45, 2.75) is 18.7 Å². The molecule has 48 valence electrons. The standard InChI is InChI=1S/C5H12N2O/c1-7-4-2-3-5(7,6)8/h8H,2-4,6H2,1H3. The zero-order valence-corrected chi connectivity index (χ0v) is 5.09. The average molecular weight is 116 g/mol. The van der Waals surface area contributed by atoms with E-state index in [4.69, 9.17) is 10.8 Å². The topological polar surface area (TPSA) is 49.5 Å². The summed E-state index contributed by atoms with van der Waals surface area (Å²) in [5, 5.41) is 9.17. The Hall–Kier alpha value is -0.120. The van der Waals surface area contributed by atoms with Crippen LogP contribution in [0.5, 0.6) is 0 Å². The summed E-state index contributed by atoms with van der Waals surface area (Å²) < 4.78 is 0. The summed E-state index contributed by atoms with van der Waals surface area (Å²) in [5.41, 5.74) is 5.40. The fourth-order valence-electron chi connectivity index (χ4n) is 0.961. The molecule has 0 radical (unpaired) electrons. The quantitative estimate of drug-likeness (QED) is 0.412. The molecule has 0 aliphatic carbocycles. The largest absolute Gasteiger partial charge is 0.363 e. The average Bonchev–Trinajstić information content (AvgIpc) is 1.86. The Morgan fingerprint density at radius 2 is 2.38 bits per heavy atom. The van der Waals surface area contributed by atoms with E-state index in [2.05, 4.69) is 0 Å². The minimum Gasteiger partial charge on any atom is -0.363 e. The van der Waals surface area contributed by atoms with E-state index in [9.17, 15) is 0 Å². The Balaban J connectivity index is 2.54. The predicted molar refractivity (Wildman–Crippen MR) is 31.0 cm³/mol. The van der Waals surface area contributed by atoms with Crippen molar-refractivity contribution in [2.24, 2.45) is 5.73 Å². The van der Waals surface area contributed by atoms with Gasteiger partial charge in [-0.25, -0.2) is 0 Å². The van der Waals surface area contributed by atoms with Gasteiger partial charge in [0.2, 0.25) is 0 Å². The Labute approximate surface area is 49.1 Å². The number of hydrogen-bond donors (Lipinski definition) is 2. The summed E-state index contributed by atoms with van der Waals surface area (Å²) in [6, 6.07) is 0. The van der Waals surface area contributed by atoms with Gasteiger partial charge in [0.1, 0.15) is 0 Å². The molecule has 1 aliphatic rings. The third-order valence-electron chi connectivity index (χ3n) is 1.70. The summed E-state index contributed by atoms with van der Waals surface area (Å²) >= 11 is 0. The minimum atomic E-state index is -1.01. The molecule has 3 N–H and O–H groups in total. The smallest absolute Gasteiger partial charge is 0.171 e. The van der Waals surface area contributed by atoms with E-state index in [-0.39, 0.29) is 0 Å². The molecule has 0 aromatic rings. The summed E-state index contributed by atoms with van der Waals surface area (Å²) in [4.78, 5) is 1.76. The van der Waals surface area contributed by atoms with Crippen molar-refractivity contribution >= 4 is 0 Å². The fourth-order valence-corrected chi connectivity index (χ4v) is 0.961. The lowest BCUT2D eigenvalue weighted by Crippen LogP contribution is -2.49. The van der Waals surface area contributed by atoms with Crippen LogP contribution in [0.2, 0.25) is 0 Å². The number of likely N-dealkylation sites (tertiary alicyclic amines) is 1. The molecule has 1 fully saturated rings. The normalized spacial score (nSPS) is 40.9. The second-order valence-corrected chi connectivity index (χ2v) is 2.40. The van der Waals surface area contributed by atoms with Crippen LogP contribution in [-0.2, 0) is 0 Å². The molecule has 0 aromatic carbocycles. The van der Waals surface area contributed by atoms with Crippen LogP contribution in [0.3, 0.4) is 0 Å². The van der Waals surface area contributed by atoms with Crippen LogP contribution in [0.15, 0.2) is 0 Å². The number of nitrogens with zero attached hydrogens (tertiary/aromatic N) is 1. The highest BCUT2D eigenvalue weighted by molar-refractivity contribution is 4.76. The first-order valence-corrected chi connectivity index (χ1v) is 2.85. The van der Waals surface area contributed by atoms with Crippen molar-refractivity contribution < 1.29 is 5.11 Å². The second-order valence-electron chi connectivity index (χ2n) is 2.40. The summed E-state index contributed by atoms with van der Waals surface area (Å²) in [5.74, 6) is -1.01. The van der Waals surface area contributed by atoms with Crippen LogP contribution in [0.4, 0.5) is 0 Å². The van der Waals surface area contributed by atoms with E-state index in [1.807, 2.05) is 7.05 Å². The van der Waals surface area contributed by atoms with Crippen LogP contribution in [0.1, 0.15) is 12.8 Å². The van der Waals surface area contributed by atoms with Crippen LogP contribution in [0.25, 0.3) is 0 Å². The van der Waals surface area contributed by atoms with Crippen LogP contribution < -0.4 is 5.73 Å². The molecule has 1 saturated heterocycles. The lowest BCUT2D eigenvalue weighted by Gasteiger charge is -2.24. The molecule has 3 heteroatoms. The molecule has 1 rings (SSSR count). The van der Waals surface area contributed by atoms with Crippen molar-refractivity contribution in [1.29, 1.82) is 0 Å². The monoisotopic (exact) mass is 116 g/mol.